The highest BCUT2D eigenvalue weighted by Crippen LogP contribution is 2.30. The zero-order valence-electron chi connectivity index (χ0n) is 31.7. The van der Waals surface area contributed by atoms with Gasteiger partial charge in [0.05, 0.1) is 48.7 Å². The van der Waals surface area contributed by atoms with Crippen LogP contribution in [-0.2, 0) is 30.3 Å². The minimum absolute atomic E-state index is 0.0253. The number of rotatable bonds is 20. The zero-order chi connectivity index (χ0) is 37.0. The SMILES string of the molecule is C=C(C)CNC(C(=O)N(C)C(C(C)CC)C(CC(=O)N1CCC[C@H]1C(OC)C(C)C(=O)NC(Cc1ccccc1)c1nccs1)OC)C(C)C. The number of carbonyl (C=O) groups excluding carboxylic acids is 3. The van der Waals surface area contributed by atoms with Crippen molar-refractivity contribution in [2.75, 3.05) is 34.4 Å². The van der Waals surface area contributed by atoms with Crippen molar-refractivity contribution in [2.24, 2.45) is 17.8 Å². The van der Waals surface area contributed by atoms with E-state index in [4.69, 9.17) is 9.47 Å². The predicted octanol–water partition coefficient (Wildman–Crippen LogP) is 5.65. The molecule has 11 heteroatoms. The van der Waals surface area contributed by atoms with Crippen LogP contribution < -0.4 is 10.6 Å². The molecule has 10 nitrogen and oxygen atoms in total. The lowest BCUT2D eigenvalue weighted by Crippen LogP contribution is -2.57. The second-order valence-electron chi connectivity index (χ2n) is 14.3. The minimum Gasteiger partial charge on any atom is -0.379 e. The number of likely N-dealkylation sites (tertiary alicyclic amines) is 1. The van der Waals surface area contributed by atoms with Gasteiger partial charge in [0, 0.05) is 45.9 Å². The molecule has 1 fully saturated rings. The molecule has 1 aromatic heterocycles. The molecule has 8 atom stereocenters. The van der Waals surface area contributed by atoms with Crippen molar-refractivity contribution in [3.8, 4) is 0 Å². The maximum absolute atomic E-state index is 14.2. The van der Waals surface area contributed by atoms with E-state index in [2.05, 4.69) is 36.0 Å². The first-order valence-corrected chi connectivity index (χ1v) is 18.9. The van der Waals surface area contributed by atoms with Crippen LogP contribution in [0.2, 0.25) is 0 Å². The topological polar surface area (TPSA) is 113 Å². The van der Waals surface area contributed by atoms with E-state index in [-0.39, 0.29) is 54.1 Å². The van der Waals surface area contributed by atoms with Gasteiger partial charge in [0.1, 0.15) is 5.01 Å². The molecule has 0 bridgehead atoms. The molecule has 2 aromatic rings. The molecule has 1 saturated heterocycles. The van der Waals surface area contributed by atoms with Gasteiger partial charge in [-0.25, -0.2) is 4.98 Å². The van der Waals surface area contributed by atoms with Crippen LogP contribution in [-0.4, -0.2) is 97.2 Å². The summed E-state index contributed by atoms with van der Waals surface area (Å²) in [5.74, 6) is -0.598. The van der Waals surface area contributed by atoms with Crippen molar-refractivity contribution in [1.29, 1.82) is 0 Å². The minimum atomic E-state index is -0.522. The third-order valence-electron chi connectivity index (χ3n) is 10.2. The fourth-order valence-corrected chi connectivity index (χ4v) is 7.87. The van der Waals surface area contributed by atoms with Gasteiger partial charge >= 0.3 is 0 Å². The number of nitrogens with one attached hydrogen (secondary N) is 2. The van der Waals surface area contributed by atoms with Crippen LogP contribution in [0.4, 0.5) is 0 Å². The summed E-state index contributed by atoms with van der Waals surface area (Å²) in [6.45, 7) is 17.2. The summed E-state index contributed by atoms with van der Waals surface area (Å²) >= 11 is 1.52. The Morgan fingerprint density at radius 3 is 2.38 bits per heavy atom. The van der Waals surface area contributed by atoms with E-state index in [1.54, 1.807) is 25.3 Å². The van der Waals surface area contributed by atoms with Crippen LogP contribution in [0.5, 0.6) is 0 Å². The predicted molar refractivity (Wildman–Crippen MR) is 201 cm³/mol. The van der Waals surface area contributed by atoms with E-state index in [0.717, 1.165) is 35.4 Å². The number of hydrogen-bond acceptors (Lipinski definition) is 8. The monoisotopic (exact) mass is 711 g/mol. The molecular formula is C39H61N5O5S. The first kappa shape index (κ1) is 41.3. The summed E-state index contributed by atoms with van der Waals surface area (Å²) in [6, 6.07) is 8.80. The highest BCUT2D eigenvalue weighted by Gasteiger charge is 2.43. The second kappa shape index (κ2) is 20.1. The maximum Gasteiger partial charge on any atom is 0.240 e. The lowest BCUT2D eigenvalue weighted by atomic mass is 9.89. The van der Waals surface area contributed by atoms with Crippen LogP contribution in [0, 0.1) is 17.8 Å². The number of amides is 3. The molecule has 1 aliphatic rings. The molecular weight excluding hydrogens is 651 g/mol. The number of hydrogen-bond donors (Lipinski definition) is 2. The van der Waals surface area contributed by atoms with E-state index in [9.17, 15) is 14.4 Å². The molecule has 3 rings (SSSR count). The van der Waals surface area contributed by atoms with E-state index in [1.807, 2.05) is 75.4 Å². The largest absolute Gasteiger partial charge is 0.379 e. The first-order chi connectivity index (χ1) is 23.8. The van der Waals surface area contributed by atoms with E-state index >= 15 is 0 Å². The summed E-state index contributed by atoms with van der Waals surface area (Å²) in [5, 5.41) is 9.37. The quantitative estimate of drug-likeness (QED) is 0.171. The Kier molecular flexibility index (Phi) is 16.6. The third kappa shape index (κ3) is 10.9. The Morgan fingerprint density at radius 1 is 1.12 bits per heavy atom. The average Bonchev–Trinajstić information content (AvgIpc) is 3.81. The molecule has 0 saturated carbocycles. The molecule has 278 valence electrons. The molecule has 3 amide bonds. The Labute approximate surface area is 304 Å². The number of carbonyl (C=O) groups is 3. The molecule has 0 aliphatic carbocycles. The Hall–Kier alpha value is -3.12. The molecule has 2 heterocycles. The van der Waals surface area contributed by atoms with Gasteiger partial charge in [-0.05, 0) is 43.6 Å². The number of thiazole rings is 1. The van der Waals surface area contributed by atoms with Crippen LogP contribution in [0.1, 0.15) is 83.8 Å². The van der Waals surface area contributed by atoms with E-state index < -0.39 is 24.2 Å². The smallest absolute Gasteiger partial charge is 0.240 e. The van der Waals surface area contributed by atoms with Gasteiger partial charge < -0.3 is 29.9 Å². The Bertz CT molecular complexity index is 1360. The highest BCUT2D eigenvalue weighted by molar-refractivity contribution is 7.09. The number of benzene rings is 1. The number of methoxy groups -OCH3 is 2. The van der Waals surface area contributed by atoms with Crippen molar-refractivity contribution in [2.45, 2.75) is 110 Å². The lowest BCUT2D eigenvalue weighted by molar-refractivity contribution is -0.147. The summed E-state index contributed by atoms with van der Waals surface area (Å²) < 4.78 is 12.1. The summed E-state index contributed by atoms with van der Waals surface area (Å²) in [5.41, 5.74) is 2.06. The maximum atomic E-state index is 14.2. The average molecular weight is 712 g/mol. The molecule has 50 heavy (non-hydrogen) atoms. The molecule has 7 unspecified atom stereocenters. The number of likely N-dealkylation sites (N-methyl/N-ethyl adjacent to an activating group) is 1. The Morgan fingerprint density at radius 2 is 1.82 bits per heavy atom. The van der Waals surface area contributed by atoms with Gasteiger partial charge in [-0.1, -0.05) is 83.5 Å². The molecule has 0 spiro atoms. The van der Waals surface area contributed by atoms with Crippen molar-refractivity contribution in [3.05, 3.63) is 64.6 Å². The fraction of sp³-hybridized carbons (Fsp3) is 0.641. The number of aromatic nitrogens is 1. The molecule has 1 aromatic carbocycles. The first-order valence-electron chi connectivity index (χ1n) is 18.1. The van der Waals surface area contributed by atoms with Gasteiger partial charge in [0.2, 0.25) is 17.7 Å². The van der Waals surface area contributed by atoms with Crippen LogP contribution in [0.25, 0.3) is 0 Å². The van der Waals surface area contributed by atoms with Crippen molar-refractivity contribution >= 4 is 29.1 Å². The van der Waals surface area contributed by atoms with Crippen molar-refractivity contribution < 1.29 is 23.9 Å². The van der Waals surface area contributed by atoms with Crippen molar-refractivity contribution in [3.63, 3.8) is 0 Å². The number of nitrogens with zero attached hydrogens (tertiary/aromatic N) is 3. The van der Waals surface area contributed by atoms with Crippen LogP contribution in [0.15, 0.2) is 54.1 Å². The van der Waals surface area contributed by atoms with E-state index in [0.29, 0.717) is 19.5 Å². The third-order valence-corrected chi connectivity index (χ3v) is 11.1. The van der Waals surface area contributed by atoms with Gasteiger partial charge in [0.25, 0.3) is 0 Å². The number of ether oxygens (including phenoxy) is 2. The zero-order valence-corrected chi connectivity index (χ0v) is 32.5. The van der Waals surface area contributed by atoms with Crippen LogP contribution >= 0.6 is 11.3 Å². The molecule has 0 radical (unpaired) electrons. The fourth-order valence-electron chi connectivity index (χ4n) is 7.18. The van der Waals surface area contributed by atoms with E-state index in [1.165, 1.54) is 11.3 Å². The summed E-state index contributed by atoms with van der Waals surface area (Å²) in [4.78, 5) is 50.1. The summed E-state index contributed by atoms with van der Waals surface area (Å²) in [7, 11) is 5.05. The van der Waals surface area contributed by atoms with Gasteiger partial charge in [-0.2, -0.15) is 0 Å². The van der Waals surface area contributed by atoms with Crippen LogP contribution in [0.3, 0.4) is 0 Å². The summed E-state index contributed by atoms with van der Waals surface area (Å²) in [6.07, 6.45) is 3.84. The standard InChI is InChI=1S/C39H61N5O5S/c1-11-27(6)35(43(8)39(47)34(26(4)5)41-24-25(2)3)32(48-9)23-33(45)44-20-15-18-31(44)36(49-10)28(7)37(46)42-30(38-40-19-21-50-38)22-29-16-13-12-14-17-29/h12-14,16-17,19,21,26-28,30-32,34-36,41H,2,11,15,18,20,22-24H2,1,3-10H3,(H,42,46)/t27?,28?,30?,31-,32?,34?,35?,36?/m0/s1. The van der Waals surface area contributed by atoms with Gasteiger partial charge in [0.15, 0.2) is 0 Å². The molecule has 1 aliphatic heterocycles. The van der Waals surface area contributed by atoms with Crippen molar-refractivity contribution in [1.82, 2.24) is 25.4 Å². The second-order valence-corrected chi connectivity index (χ2v) is 15.2. The Balaban J connectivity index is 1.77. The van der Waals surface area contributed by atoms with Gasteiger partial charge in [-0.15, -0.1) is 11.3 Å². The highest BCUT2D eigenvalue weighted by atomic mass is 32.1. The van der Waals surface area contributed by atoms with Gasteiger partial charge in [-0.3, -0.25) is 14.4 Å². The normalized spacial score (nSPS) is 18.9. The lowest BCUT2D eigenvalue weighted by Gasteiger charge is -2.41. The molecule has 2 N–H and O–H groups in total.